The summed E-state index contributed by atoms with van der Waals surface area (Å²) in [6.07, 6.45) is 2.46. The average Bonchev–Trinajstić information content (AvgIpc) is 3.29. The summed E-state index contributed by atoms with van der Waals surface area (Å²) in [5.74, 6) is 2.81. The topological polar surface area (TPSA) is 114 Å². The van der Waals surface area contributed by atoms with E-state index in [1.54, 1.807) is 6.07 Å². The minimum Gasteiger partial charge on any atom is -0.340 e. The highest BCUT2D eigenvalue weighted by Crippen LogP contribution is 2.39. The Balaban J connectivity index is 1.35. The van der Waals surface area contributed by atoms with Crippen molar-refractivity contribution in [2.45, 2.75) is 18.8 Å². The predicted octanol–water partition coefficient (Wildman–Crippen LogP) is 3.34. The van der Waals surface area contributed by atoms with E-state index in [0.29, 0.717) is 22.9 Å². The highest BCUT2D eigenvalue weighted by molar-refractivity contribution is 5.82. The third kappa shape index (κ3) is 2.81. The minimum atomic E-state index is -0.125. The number of rotatable bonds is 5. The number of benzene rings is 1. The number of hydrogen-bond acceptors (Lipinski definition) is 5. The Kier molecular flexibility index (Phi) is 3.27. The largest absolute Gasteiger partial charge is 0.340 e. The number of hydrogen-bond donors (Lipinski definition) is 5. The van der Waals surface area contributed by atoms with Gasteiger partial charge >= 0.3 is 0 Å². The molecule has 1 aliphatic carbocycles. The van der Waals surface area contributed by atoms with Crippen molar-refractivity contribution in [3.63, 3.8) is 0 Å². The van der Waals surface area contributed by atoms with Crippen LogP contribution in [0.3, 0.4) is 0 Å². The third-order valence-electron chi connectivity index (χ3n) is 4.47. The van der Waals surface area contributed by atoms with Gasteiger partial charge in [-0.2, -0.15) is 5.10 Å². The Morgan fingerprint density at radius 3 is 2.65 bits per heavy atom. The van der Waals surface area contributed by atoms with Crippen LogP contribution in [-0.2, 0) is 0 Å². The molecule has 4 aromatic rings. The van der Waals surface area contributed by atoms with Gasteiger partial charge in [0.25, 0.3) is 5.56 Å². The summed E-state index contributed by atoms with van der Waals surface area (Å²) in [5.41, 5.74) is 2.64. The Bertz CT molecular complexity index is 1140. The van der Waals surface area contributed by atoms with E-state index in [9.17, 15) is 4.79 Å². The van der Waals surface area contributed by atoms with Crippen LogP contribution in [0.1, 0.15) is 24.5 Å². The Labute approximate surface area is 148 Å². The maximum atomic E-state index is 11.6. The van der Waals surface area contributed by atoms with Crippen LogP contribution in [0, 0.1) is 0 Å². The third-order valence-corrected chi connectivity index (χ3v) is 4.47. The summed E-state index contributed by atoms with van der Waals surface area (Å²) in [6, 6.07) is 13.2. The summed E-state index contributed by atoms with van der Waals surface area (Å²) in [7, 11) is 0. The lowest BCUT2D eigenvalue weighted by atomic mass is 10.2. The number of aromatic amines is 3. The molecule has 3 heterocycles. The highest BCUT2D eigenvalue weighted by atomic mass is 16.1. The Morgan fingerprint density at radius 2 is 1.81 bits per heavy atom. The normalized spacial score (nSPS) is 13.8. The quantitative estimate of drug-likeness (QED) is 0.380. The minimum absolute atomic E-state index is 0.125. The van der Waals surface area contributed by atoms with E-state index in [1.807, 2.05) is 36.4 Å². The van der Waals surface area contributed by atoms with Crippen LogP contribution >= 0.6 is 0 Å². The average molecular weight is 347 g/mol. The van der Waals surface area contributed by atoms with Crippen LogP contribution in [0.5, 0.6) is 0 Å². The molecule has 8 nitrogen and oxygen atoms in total. The molecule has 5 rings (SSSR count). The molecule has 0 atom stereocenters. The van der Waals surface area contributed by atoms with Crippen LogP contribution in [0.4, 0.5) is 23.1 Å². The van der Waals surface area contributed by atoms with Crippen molar-refractivity contribution >= 4 is 34.0 Å². The lowest BCUT2D eigenvalue weighted by molar-refractivity contribution is 0.966. The van der Waals surface area contributed by atoms with E-state index in [1.165, 1.54) is 18.5 Å². The van der Waals surface area contributed by atoms with Gasteiger partial charge in [-0.15, -0.1) is 0 Å². The predicted molar refractivity (Wildman–Crippen MR) is 100 cm³/mol. The first-order valence-corrected chi connectivity index (χ1v) is 8.51. The molecule has 0 aliphatic heterocycles. The van der Waals surface area contributed by atoms with Crippen LogP contribution in [0.15, 0.2) is 47.3 Å². The molecular formula is C18H17N7O. The van der Waals surface area contributed by atoms with Crippen molar-refractivity contribution in [3.05, 3.63) is 58.5 Å². The molecule has 1 fully saturated rings. The lowest BCUT2D eigenvalue weighted by Gasteiger charge is -2.08. The molecule has 0 saturated heterocycles. The van der Waals surface area contributed by atoms with Gasteiger partial charge in [0.2, 0.25) is 0 Å². The van der Waals surface area contributed by atoms with Gasteiger partial charge in [0, 0.05) is 23.4 Å². The van der Waals surface area contributed by atoms with Crippen LogP contribution < -0.4 is 16.2 Å². The zero-order valence-electron chi connectivity index (χ0n) is 13.8. The smallest absolute Gasteiger partial charge is 0.271 e. The number of fused-ring (bicyclic) bond motifs is 1. The fourth-order valence-corrected chi connectivity index (χ4v) is 2.97. The first-order chi connectivity index (χ1) is 12.7. The summed E-state index contributed by atoms with van der Waals surface area (Å²) < 4.78 is 0. The zero-order valence-corrected chi connectivity index (χ0v) is 13.8. The van der Waals surface area contributed by atoms with E-state index in [4.69, 9.17) is 0 Å². The number of nitrogens with one attached hydrogen (secondary N) is 5. The molecule has 3 aromatic heterocycles. The summed E-state index contributed by atoms with van der Waals surface area (Å²) in [6.45, 7) is 0. The lowest BCUT2D eigenvalue weighted by Crippen LogP contribution is -1.99. The van der Waals surface area contributed by atoms with Crippen molar-refractivity contribution in [2.75, 3.05) is 10.6 Å². The summed E-state index contributed by atoms with van der Waals surface area (Å²) in [5, 5.41) is 19.9. The molecule has 0 bridgehead atoms. The van der Waals surface area contributed by atoms with E-state index < -0.39 is 0 Å². The number of aromatic nitrogens is 5. The maximum Gasteiger partial charge on any atom is 0.271 e. The Hall–Kier alpha value is -3.55. The van der Waals surface area contributed by atoms with Crippen molar-refractivity contribution in [1.29, 1.82) is 0 Å². The second-order valence-electron chi connectivity index (χ2n) is 6.48. The fraction of sp³-hybridized carbons (Fsp3) is 0.167. The number of pyridine rings is 1. The van der Waals surface area contributed by atoms with Gasteiger partial charge in [-0.25, -0.2) is 4.98 Å². The van der Waals surface area contributed by atoms with Crippen molar-refractivity contribution in [1.82, 2.24) is 25.4 Å². The van der Waals surface area contributed by atoms with Gasteiger partial charge in [-0.1, -0.05) is 6.07 Å². The van der Waals surface area contributed by atoms with Crippen LogP contribution in [-0.4, -0.2) is 25.4 Å². The highest BCUT2D eigenvalue weighted by Gasteiger charge is 2.25. The SMILES string of the molecule is O=c1[nH][nH]c2cc(Nc3cccc(Nc4cc(C5CC5)[nH]n4)n3)ccc12. The zero-order chi connectivity index (χ0) is 17.5. The first-order valence-electron chi connectivity index (χ1n) is 8.51. The van der Waals surface area contributed by atoms with Gasteiger partial charge in [0.05, 0.1) is 10.9 Å². The molecule has 8 heteroatoms. The van der Waals surface area contributed by atoms with Crippen LogP contribution in [0.2, 0.25) is 0 Å². The number of anilines is 4. The molecule has 1 aliphatic rings. The van der Waals surface area contributed by atoms with Gasteiger partial charge < -0.3 is 10.6 Å². The number of nitrogens with zero attached hydrogens (tertiary/aromatic N) is 2. The molecule has 5 N–H and O–H groups in total. The second-order valence-corrected chi connectivity index (χ2v) is 6.48. The van der Waals surface area contributed by atoms with Crippen molar-refractivity contribution in [3.8, 4) is 0 Å². The standard InChI is InChI=1S/C18H17N7O/c26-18-12-7-6-11(8-14(12)23-25-18)19-15-2-1-3-16(20-15)21-17-9-13(22-24-17)10-4-5-10/h1-3,6-10H,4-5H2,(H2,23,25,26)(H3,19,20,21,22,24). The van der Waals surface area contributed by atoms with Gasteiger partial charge in [0.15, 0.2) is 5.82 Å². The van der Waals surface area contributed by atoms with Gasteiger partial charge in [-0.05, 0) is 43.2 Å². The molecule has 0 spiro atoms. The molecule has 0 radical (unpaired) electrons. The molecule has 130 valence electrons. The van der Waals surface area contributed by atoms with E-state index >= 15 is 0 Å². The maximum absolute atomic E-state index is 11.6. The van der Waals surface area contributed by atoms with E-state index in [0.717, 1.165) is 17.0 Å². The van der Waals surface area contributed by atoms with Gasteiger partial charge in [-0.3, -0.25) is 20.1 Å². The van der Waals surface area contributed by atoms with Gasteiger partial charge in [0.1, 0.15) is 11.6 Å². The van der Waals surface area contributed by atoms with Crippen molar-refractivity contribution < 1.29 is 0 Å². The molecular weight excluding hydrogens is 330 g/mol. The molecule has 1 saturated carbocycles. The second kappa shape index (κ2) is 5.76. The fourth-order valence-electron chi connectivity index (χ4n) is 2.97. The van der Waals surface area contributed by atoms with Crippen molar-refractivity contribution in [2.24, 2.45) is 0 Å². The summed E-state index contributed by atoms with van der Waals surface area (Å²) in [4.78, 5) is 16.1. The van der Waals surface area contributed by atoms with E-state index in [2.05, 4.69) is 36.0 Å². The number of H-pyrrole nitrogens is 3. The monoisotopic (exact) mass is 347 g/mol. The molecule has 26 heavy (non-hydrogen) atoms. The first kappa shape index (κ1) is 14.8. The molecule has 1 aromatic carbocycles. The Morgan fingerprint density at radius 1 is 0.962 bits per heavy atom. The van der Waals surface area contributed by atoms with Crippen LogP contribution in [0.25, 0.3) is 10.9 Å². The van der Waals surface area contributed by atoms with E-state index in [-0.39, 0.29) is 5.56 Å². The molecule has 0 amide bonds. The molecule has 0 unspecified atom stereocenters. The summed E-state index contributed by atoms with van der Waals surface area (Å²) >= 11 is 0.